The molecule has 8 nitrogen and oxygen atoms in total. The third kappa shape index (κ3) is 6.64. The molecule has 1 saturated heterocycles. The fraction of sp³-hybridized carbons (Fsp3) is 0.323. The van der Waals surface area contributed by atoms with Crippen molar-refractivity contribution in [3.8, 4) is 22.9 Å². The molecule has 2 heterocycles. The molecular weight excluding hydrogens is 492 g/mol. The number of ether oxygens (including phenoxy) is 2. The molecular formula is C31H34N4O4. The molecule has 0 bridgehead atoms. The summed E-state index contributed by atoms with van der Waals surface area (Å²) in [6.45, 7) is 3.22. The normalized spacial score (nSPS) is 15.6. The molecule has 202 valence electrons. The first-order valence-electron chi connectivity index (χ1n) is 13.3. The fourth-order valence-electron chi connectivity index (χ4n) is 5.08. The van der Waals surface area contributed by atoms with Crippen molar-refractivity contribution in [2.75, 3.05) is 27.3 Å². The molecule has 39 heavy (non-hydrogen) atoms. The van der Waals surface area contributed by atoms with Crippen LogP contribution in [0.3, 0.4) is 0 Å². The Hall–Kier alpha value is -4.17. The Kier molecular flexibility index (Phi) is 8.53. The van der Waals surface area contributed by atoms with E-state index in [4.69, 9.17) is 14.0 Å². The topological polar surface area (TPSA) is 80.9 Å². The van der Waals surface area contributed by atoms with Crippen molar-refractivity contribution < 1.29 is 18.8 Å². The summed E-state index contributed by atoms with van der Waals surface area (Å²) in [5, 5.41) is 4.17. The van der Waals surface area contributed by atoms with Crippen molar-refractivity contribution >= 4 is 5.91 Å². The average molecular weight is 527 g/mol. The summed E-state index contributed by atoms with van der Waals surface area (Å²) in [6, 6.07) is 25.9. The van der Waals surface area contributed by atoms with E-state index in [-0.39, 0.29) is 11.8 Å². The monoisotopic (exact) mass is 526 g/mol. The van der Waals surface area contributed by atoms with Gasteiger partial charge >= 0.3 is 0 Å². The zero-order valence-corrected chi connectivity index (χ0v) is 22.5. The van der Waals surface area contributed by atoms with E-state index in [2.05, 4.69) is 39.3 Å². The molecule has 0 saturated carbocycles. The molecule has 1 fully saturated rings. The number of benzene rings is 3. The van der Waals surface area contributed by atoms with Crippen LogP contribution < -0.4 is 9.47 Å². The van der Waals surface area contributed by atoms with Gasteiger partial charge in [-0.15, -0.1) is 0 Å². The molecule has 5 rings (SSSR count). The Morgan fingerprint density at radius 3 is 2.26 bits per heavy atom. The van der Waals surface area contributed by atoms with Gasteiger partial charge in [0.2, 0.25) is 17.6 Å². The summed E-state index contributed by atoms with van der Waals surface area (Å²) in [7, 11) is 3.20. The maximum Gasteiger partial charge on any atom is 0.241 e. The highest BCUT2D eigenvalue weighted by Crippen LogP contribution is 2.31. The molecule has 0 radical (unpaired) electrons. The van der Waals surface area contributed by atoms with E-state index in [0.29, 0.717) is 49.4 Å². The van der Waals surface area contributed by atoms with Crippen LogP contribution in [-0.2, 0) is 24.4 Å². The van der Waals surface area contributed by atoms with Gasteiger partial charge in [0.1, 0.15) is 0 Å². The maximum absolute atomic E-state index is 13.8. The summed E-state index contributed by atoms with van der Waals surface area (Å²) >= 11 is 0. The van der Waals surface area contributed by atoms with Gasteiger partial charge in [-0.3, -0.25) is 9.69 Å². The zero-order valence-electron chi connectivity index (χ0n) is 22.5. The second-order valence-electron chi connectivity index (χ2n) is 9.82. The number of nitrogens with zero attached hydrogens (tertiary/aromatic N) is 4. The largest absolute Gasteiger partial charge is 0.493 e. The lowest BCUT2D eigenvalue weighted by Gasteiger charge is -2.34. The van der Waals surface area contributed by atoms with Crippen LogP contribution in [0, 0.1) is 5.92 Å². The molecule has 1 atom stereocenters. The minimum Gasteiger partial charge on any atom is -0.493 e. The van der Waals surface area contributed by atoms with Crippen molar-refractivity contribution in [2.45, 2.75) is 32.5 Å². The number of hydrogen-bond acceptors (Lipinski definition) is 7. The van der Waals surface area contributed by atoms with Crippen LogP contribution in [0.2, 0.25) is 0 Å². The van der Waals surface area contributed by atoms with E-state index in [0.717, 1.165) is 36.1 Å². The number of piperidine rings is 1. The molecule has 1 aliphatic rings. The molecule has 3 aromatic carbocycles. The van der Waals surface area contributed by atoms with E-state index in [9.17, 15) is 4.79 Å². The Balaban J connectivity index is 1.26. The highest BCUT2D eigenvalue weighted by Gasteiger charge is 2.30. The van der Waals surface area contributed by atoms with Gasteiger partial charge in [-0.2, -0.15) is 4.98 Å². The zero-order chi connectivity index (χ0) is 27.0. The number of rotatable bonds is 10. The summed E-state index contributed by atoms with van der Waals surface area (Å²) in [5.41, 5.74) is 3.04. The van der Waals surface area contributed by atoms with E-state index in [1.807, 2.05) is 59.5 Å². The van der Waals surface area contributed by atoms with Gasteiger partial charge < -0.3 is 18.9 Å². The van der Waals surface area contributed by atoms with E-state index in [1.54, 1.807) is 14.2 Å². The molecule has 1 unspecified atom stereocenters. The van der Waals surface area contributed by atoms with Crippen LogP contribution in [0.1, 0.15) is 29.9 Å². The number of likely N-dealkylation sites (tertiary alicyclic amines) is 1. The molecule has 0 aliphatic carbocycles. The standard InChI is InChI=1S/C31H34N4O4/c1-37-27-16-15-25(18-28(27)38-2)30-32-29(39-33-30)22-34-17-9-14-26(21-34)31(36)35(19-23-10-5-3-6-11-23)20-24-12-7-4-8-13-24/h3-8,10-13,15-16,18,26H,9,14,17,19-22H2,1-2H3. The van der Waals surface area contributed by atoms with Crippen molar-refractivity contribution in [1.29, 1.82) is 0 Å². The Labute approximate surface area is 229 Å². The number of amides is 1. The summed E-state index contributed by atoms with van der Waals surface area (Å²) < 4.78 is 16.3. The predicted molar refractivity (Wildman–Crippen MR) is 148 cm³/mol. The molecule has 8 heteroatoms. The average Bonchev–Trinajstić information content (AvgIpc) is 3.45. The Bertz CT molecular complexity index is 1320. The van der Waals surface area contributed by atoms with Crippen LogP contribution >= 0.6 is 0 Å². The smallest absolute Gasteiger partial charge is 0.241 e. The number of hydrogen-bond donors (Lipinski definition) is 0. The van der Waals surface area contributed by atoms with Gasteiger partial charge in [-0.05, 0) is 48.7 Å². The number of aromatic nitrogens is 2. The van der Waals surface area contributed by atoms with Gasteiger partial charge in [-0.1, -0.05) is 65.8 Å². The molecule has 4 aromatic rings. The first kappa shape index (κ1) is 26.4. The van der Waals surface area contributed by atoms with Gasteiger partial charge in [-0.25, -0.2) is 0 Å². The van der Waals surface area contributed by atoms with Crippen LogP contribution in [0.5, 0.6) is 11.5 Å². The van der Waals surface area contributed by atoms with Gasteiger partial charge in [0.15, 0.2) is 11.5 Å². The van der Waals surface area contributed by atoms with Crippen LogP contribution in [0.15, 0.2) is 83.4 Å². The van der Waals surface area contributed by atoms with E-state index >= 15 is 0 Å². The quantitative estimate of drug-likeness (QED) is 0.281. The van der Waals surface area contributed by atoms with Crippen LogP contribution in [0.25, 0.3) is 11.4 Å². The third-order valence-corrected chi connectivity index (χ3v) is 7.07. The third-order valence-electron chi connectivity index (χ3n) is 7.07. The predicted octanol–water partition coefficient (Wildman–Crippen LogP) is 5.19. The molecule has 0 N–H and O–H groups in total. The first-order valence-corrected chi connectivity index (χ1v) is 13.3. The molecule has 1 aliphatic heterocycles. The van der Waals surface area contributed by atoms with Crippen LogP contribution in [-0.4, -0.2) is 53.2 Å². The molecule has 0 spiro atoms. The lowest BCUT2D eigenvalue weighted by molar-refractivity contribution is -0.138. The number of carbonyl (C=O) groups excluding carboxylic acids is 1. The fourth-order valence-corrected chi connectivity index (χ4v) is 5.08. The maximum atomic E-state index is 13.8. The number of methoxy groups -OCH3 is 2. The minimum absolute atomic E-state index is 0.0839. The molecule has 1 amide bonds. The van der Waals surface area contributed by atoms with Gasteiger partial charge in [0, 0.05) is 25.2 Å². The molecule has 1 aromatic heterocycles. The first-order chi connectivity index (χ1) is 19.1. The summed E-state index contributed by atoms with van der Waals surface area (Å²) in [4.78, 5) is 22.7. The van der Waals surface area contributed by atoms with E-state index < -0.39 is 0 Å². The lowest BCUT2D eigenvalue weighted by Crippen LogP contribution is -2.44. The summed E-state index contributed by atoms with van der Waals surface area (Å²) in [6.07, 6.45) is 1.81. The van der Waals surface area contributed by atoms with Crippen LogP contribution in [0.4, 0.5) is 0 Å². The highest BCUT2D eigenvalue weighted by atomic mass is 16.5. The minimum atomic E-state index is -0.0839. The summed E-state index contributed by atoms with van der Waals surface area (Å²) in [5.74, 6) is 2.37. The second-order valence-corrected chi connectivity index (χ2v) is 9.82. The SMILES string of the molecule is COc1ccc(-c2noc(CN3CCCC(C(=O)N(Cc4ccccc4)Cc4ccccc4)C3)n2)cc1OC. The second kappa shape index (κ2) is 12.6. The van der Waals surface area contributed by atoms with E-state index in [1.165, 1.54) is 0 Å². The van der Waals surface area contributed by atoms with Crippen molar-refractivity contribution in [3.63, 3.8) is 0 Å². The van der Waals surface area contributed by atoms with Crippen molar-refractivity contribution in [3.05, 3.63) is 95.9 Å². The highest BCUT2D eigenvalue weighted by molar-refractivity contribution is 5.79. The van der Waals surface area contributed by atoms with Crippen molar-refractivity contribution in [2.24, 2.45) is 5.92 Å². The van der Waals surface area contributed by atoms with Crippen molar-refractivity contribution in [1.82, 2.24) is 19.9 Å². The number of carbonyl (C=O) groups is 1. The Morgan fingerprint density at radius 2 is 1.62 bits per heavy atom. The lowest BCUT2D eigenvalue weighted by atomic mass is 9.96. The van der Waals surface area contributed by atoms with Gasteiger partial charge in [0.25, 0.3) is 0 Å². The Morgan fingerprint density at radius 1 is 0.949 bits per heavy atom. The van der Waals surface area contributed by atoms with Gasteiger partial charge in [0.05, 0.1) is 26.7 Å².